The van der Waals surface area contributed by atoms with Gasteiger partial charge in [-0.3, -0.25) is 4.79 Å². The van der Waals surface area contributed by atoms with E-state index in [9.17, 15) is 13.2 Å². The molecule has 0 saturated carbocycles. The molecule has 2 N–H and O–H groups in total. The number of nitrogens with zero attached hydrogens (tertiary/aromatic N) is 1. The van der Waals surface area contributed by atoms with E-state index in [-0.39, 0.29) is 15.5 Å². The first kappa shape index (κ1) is 15.9. The van der Waals surface area contributed by atoms with Gasteiger partial charge in [0.2, 0.25) is 9.84 Å². The highest BCUT2D eigenvalue weighted by atomic mass is 32.2. The van der Waals surface area contributed by atoms with Crippen molar-refractivity contribution in [1.29, 1.82) is 0 Å². The number of sulfone groups is 1. The van der Waals surface area contributed by atoms with Crippen LogP contribution in [-0.4, -0.2) is 26.4 Å². The van der Waals surface area contributed by atoms with Gasteiger partial charge in [0.25, 0.3) is 5.91 Å². The van der Waals surface area contributed by atoms with Crippen molar-refractivity contribution in [2.75, 3.05) is 7.11 Å². The zero-order valence-electron chi connectivity index (χ0n) is 12.8. The second kappa shape index (κ2) is 5.93. The topological polar surface area (TPSA) is 99.3 Å². The molecule has 0 atom stereocenters. The summed E-state index contributed by atoms with van der Waals surface area (Å²) in [5.41, 5.74) is 5.70. The van der Waals surface area contributed by atoms with E-state index in [1.54, 1.807) is 24.3 Å². The largest absolute Gasteiger partial charge is 0.497 e. The first-order chi connectivity index (χ1) is 11.4. The Morgan fingerprint density at radius 3 is 2.38 bits per heavy atom. The van der Waals surface area contributed by atoms with Crippen LogP contribution in [0.25, 0.3) is 10.9 Å². The van der Waals surface area contributed by atoms with Crippen LogP contribution in [0.2, 0.25) is 0 Å². The number of primary amides is 1. The fourth-order valence-corrected chi connectivity index (χ4v) is 3.73. The van der Waals surface area contributed by atoms with Gasteiger partial charge in [-0.2, -0.15) is 0 Å². The van der Waals surface area contributed by atoms with Crippen molar-refractivity contribution < 1.29 is 17.9 Å². The van der Waals surface area contributed by atoms with E-state index in [0.29, 0.717) is 16.7 Å². The van der Waals surface area contributed by atoms with Crippen LogP contribution in [0.1, 0.15) is 10.4 Å². The Morgan fingerprint density at radius 2 is 1.75 bits per heavy atom. The van der Waals surface area contributed by atoms with Gasteiger partial charge < -0.3 is 10.5 Å². The third kappa shape index (κ3) is 2.69. The third-order valence-corrected chi connectivity index (χ3v) is 5.29. The summed E-state index contributed by atoms with van der Waals surface area (Å²) in [6.45, 7) is 0. The average molecular weight is 342 g/mol. The van der Waals surface area contributed by atoms with Gasteiger partial charge in [-0.05, 0) is 36.4 Å². The fourth-order valence-electron chi connectivity index (χ4n) is 2.35. The molecule has 0 fully saturated rings. The van der Waals surface area contributed by atoms with Gasteiger partial charge in [0.1, 0.15) is 5.75 Å². The first-order valence-corrected chi connectivity index (χ1v) is 8.50. The molecule has 2 aromatic carbocycles. The Labute approximate surface area is 138 Å². The van der Waals surface area contributed by atoms with Gasteiger partial charge >= 0.3 is 0 Å². The number of nitrogens with two attached hydrogens (primary N) is 1. The Balaban J connectivity index is 2.25. The molecule has 1 aromatic heterocycles. The highest BCUT2D eigenvalue weighted by Crippen LogP contribution is 2.26. The molecule has 0 bridgehead atoms. The van der Waals surface area contributed by atoms with Crippen molar-refractivity contribution in [3.8, 4) is 5.75 Å². The average Bonchev–Trinajstić information content (AvgIpc) is 2.60. The van der Waals surface area contributed by atoms with Gasteiger partial charge in [0.15, 0.2) is 5.03 Å². The van der Waals surface area contributed by atoms with Crippen LogP contribution in [0.5, 0.6) is 5.75 Å². The van der Waals surface area contributed by atoms with Crippen molar-refractivity contribution in [2.24, 2.45) is 5.73 Å². The SMILES string of the molecule is COc1ccc(S(=O)(=O)c2nc3ccccc3cc2C(N)=O)cc1. The number of rotatable bonds is 4. The molecular weight excluding hydrogens is 328 g/mol. The highest BCUT2D eigenvalue weighted by Gasteiger charge is 2.26. The van der Waals surface area contributed by atoms with E-state index in [1.807, 2.05) is 0 Å². The number of para-hydroxylation sites is 1. The molecule has 3 rings (SSSR count). The number of methoxy groups -OCH3 is 1. The number of amides is 1. The van der Waals surface area contributed by atoms with E-state index >= 15 is 0 Å². The Morgan fingerprint density at radius 1 is 1.08 bits per heavy atom. The summed E-state index contributed by atoms with van der Waals surface area (Å²) in [5.74, 6) is -0.323. The minimum Gasteiger partial charge on any atom is -0.497 e. The van der Waals surface area contributed by atoms with Crippen LogP contribution in [0, 0.1) is 0 Å². The highest BCUT2D eigenvalue weighted by molar-refractivity contribution is 7.91. The minimum atomic E-state index is -4.00. The predicted molar refractivity (Wildman–Crippen MR) is 88.7 cm³/mol. The maximum absolute atomic E-state index is 12.9. The molecular formula is C17H14N2O4S. The zero-order valence-corrected chi connectivity index (χ0v) is 13.6. The number of ether oxygens (including phenoxy) is 1. The van der Waals surface area contributed by atoms with Crippen molar-refractivity contribution in [2.45, 2.75) is 9.92 Å². The van der Waals surface area contributed by atoms with Gasteiger partial charge in [-0.1, -0.05) is 18.2 Å². The number of hydrogen-bond acceptors (Lipinski definition) is 5. The molecule has 0 radical (unpaired) electrons. The number of hydrogen-bond donors (Lipinski definition) is 1. The molecule has 7 heteroatoms. The molecule has 1 amide bonds. The first-order valence-electron chi connectivity index (χ1n) is 7.02. The van der Waals surface area contributed by atoms with Gasteiger partial charge in [0.05, 0.1) is 23.1 Å². The van der Waals surface area contributed by atoms with Crippen LogP contribution in [-0.2, 0) is 9.84 Å². The second-order valence-corrected chi connectivity index (χ2v) is 6.94. The molecule has 0 saturated heterocycles. The Kier molecular flexibility index (Phi) is 3.94. The number of aromatic nitrogens is 1. The van der Waals surface area contributed by atoms with Gasteiger partial charge in [0, 0.05) is 5.39 Å². The molecule has 122 valence electrons. The molecule has 0 spiro atoms. The summed E-state index contributed by atoms with van der Waals surface area (Å²) in [6, 6.07) is 14.2. The second-order valence-electron chi connectivity index (χ2n) is 5.08. The molecule has 0 unspecified atom stereocenters. The lowest BCUT2D eigenvalue weighted by Gasteiger charge is -2.10. The summed E-state index contributed by atoms with van der Waals surface area (Å²) in [6.07, 6.45) is 0. The van der Waals surface area contributed by atoms with Crippen LogP contribution >= 0.6 is 0 Å². The summed E-state index contributed by atoms with van der Waals surface area (Å²) in [4.78, 5) is 15.9. The summed E-state index contributed by atoms with van der Waals surface area (Å²) in [5, 5.41) is 0.291. The van der Waals surface area contributed by atoms with Crippen molar-refractivity contribution in [1.82, 2.24) is 4.98 Å². The van der Waals surface area contributed by atoms with Crippen molar-refractivity contribution in [3.63, 3.8) is 0 Å². The number of carbonyl (C=O) groups is 1. The number of carbonyl (C=O) groups excluding carboxylic acids is 1. The molecule has 3 aromatic rings. The lowest BCUT2D eigenvalue weighted by molar-refractivity contribution is 0.0996. The van der Waals surface area contributed by atoms with Gasteiger partial charge in [-0.25, -0.2) is 13.4 Å². The third-order valence-electron chi connectivity index (χ3n) is 3.58. The quantitative estimate of drug-likeness (QED) is 0.783. The summed E-state index contributed by atoms with van der Waals surface area (Å²) >= 11 is 0. The number of benzene rings is 2. The van der Waals surface area contributed by atoms with Crippen molar-refractivity contribution in [3.05, 3.63) is 60.2 Å². The van der Waals surface area contributed by atoms with E-state index in [0.717, 1.165) is 0 Å². The molecule has 0 aliphatic heterocycles. The minimum absolute atomic E-state index is 0.00795. The Bertz CT molecular complexity index is 1030. The number of pyridine rings is 1. The molecule has 0 aliphatic rings. The standard InChI is InChI=1S/C17H14N2O4S/c1-23-12-6-8-13(9-7-12)24(21,22)17-14(16(18)20)10-11-4-2-3-5-15(11)19-17/h2-10H,1H3,(H2,18,20). The monoisotopic (exact) mass is 342 g/mol. The van der Waals surface area contributed by atoms with Crippen LogP contribution in [0.3, 0.4) is 0 Å². The smallest absolute Gasteiger partial charge is 0.251 e. The molecule has 1 heterocycles. The fraction of sp³-hybridized carbons (Fsp3) is 0.0588. The predicted octanol–water partition coefficient (Wildman–Crippen LogP) is 2.18. The lowest BCUT2D eigenvalue weighted by atomic mass is 10.1. The normalized spacial score (nSPS) is 11.4. The Hall–Kier alpha value is -2.93. The molecule has 24 heavy (non-hydrogen) atoms. The van der Waals surface area contributed by atoms with E-state index in [4.69, 9.17) is 10.5 Å². The molecule has 0 aliphatic carbocycles. The lowest BCUT2D eigenvalue weighted by Crippen LogP contribution is -2.18. The van der Waals surface area contributed by atoms with Crippen LogP contribution < -0.4 is 10.5 Å². The summed E-state index contributed by atoms with van der Waals surface area (Å²) < 4.78 is 30.8. The van der Waals surface area contributed by atoms with Crippen LogP contribution in [0.4, 0.5) is 0 Å². The summed E-state index contributed by atoms with van der Waals surface area (Å²) in [7, 11) is -2.51. The van der Waals surface area contributed by atoms with E-state index < -0.39 is 15.7 Å². The van der Waals surface area contributed by atoms with Crippen molar-refractivity contribution >= 4 is 26.6 Å². The zero-order chi connectivity index (χ0) is 17.3. The van der Waals surface area contributed by atoms with E-state index in [2.05, 4.69) is 4.98 Å². The maximum Gasteiger partial charge on any atom is 0.251 e. The van der Waals surface area contributed by atoms with Crippen LogP contribution in [0.15, 0.2) is 64.5 Å². The number of fused-ring (bicyclic) bond motifs is 1. The maximum atomic E-state index is 12.9. The van der Waals surface area contributed by atoms with Gasteiger partial charge in [-0.15, -0.1) is 0 Å². The molecule has 6 nitrogen and oxygen atoms in total. The van der Waals surface area contributed by atoms with E-state index in [1.165, 1.54) is 37.4 Å².